The van der Waals surface area contributed by atoms with Crippen molar-refractivity contribution in [3.05, 3.63) is 12.2 Å². The highest BCUT2D eigenvalue weighted by atomic mass is 15.2. The number of terminal acetylenes is 1. The number of rotatable bonds is 1. The van der Waals surface area contributed by atoms with Crippen molar-refractivity contribution in [3.63, 3.8) is 0 Å². The number of nitrogens with zero attached hydrogens (tertiary/aromatic N) is 1. The Kier molecular flexibility index (Phi) is 2.36. The van der Waals surface area contributed by atoms with Crippen LogP contribution in [-0.4, -0.2) is 23.5 Å². The molecule has 0 N–H and O–H groups in total. The number of hydrogen-bond donors (Lipinski definition) is 0. The van der Waals surface area contributed by atoms with E-state index in [1.807, 2.05) is 0 Å². The third-order valence-electron chi connectivity index (χ3n) is 2.20. The van der Waals surface area contributed by atoms with Crippen LogP contribution in [-0.2, 0) is 0 Å². The highest BCUT2D eigenvalue weighted by Gasteiger charge is 2.23. The molecule has 11 heavy (non-hydrogen) atoms. The zero-order chi connectivity index (χ0) is 8.32. The second kappa shape index (κ2) is 3.11. The van der Waals surface area contributed by atoms with Gasteiger partial charge in [-0.2, -0.15) is 0 Å². The van der Waals surface area contributed by atoms with Gasteiger partial charge in [-0.1, -0.05) is 18.1 Å². The molecule has 0 radical (unpaired) electrons. The molecule has 0 bridgehead atoms. The standard InChI is InChI=1S/C10H15N/c1-4-10(2,3)11-8-6-5-7-9-11/h1,5-6H,7-9H2,2-3H3. The van der Waals surface area contributed by atoms with E-state index >= 15 is 0 Å². The minimum atomic E-state index is -0.0786. The predicted octanol–water partition coefficient (Wildman–Crippen LogP) is 1.66. The molecular weight excluding hydrogens is 134 g/mol. The normalized spacial score (nSPS) is 19.7. The fourth-order valence-electron chi connectivity index (χ4n) is 1.24. The van der Waals surface area contributed by atoms with Crippen LogP contribution >= 0.6 is 0 Å². The summed E-state index contributed by atoms with van der Waals surface area (Å²) in [4.78, 5) is 2.31. The summed E-state index contributed by atoms with van der Waals surface area (Å²) in [6.45, 7) is 6.27. The van der Waals surface area contributed by atoms with Crippen molar-refractivity contribution in [2.75, 3.05) is 13.1 Å². The zero-order valence-corrected chi connectivity index (χ0v) is 7.30. The molecule has 0 saturated heterocycles. The molecule has 60 valence electrons. The topological polar surface area (TPSA) is 3.24 Å². The average molecular weight is 149 g/mol. The average Bonchev–Trinajstić information content (AvgIpc) is 2.06. The SMILES string of the molecule is C#CC(C)(C)N1CC=CCC1. The van der Waals surface area contributed by atoms with Crippen molar-refractivity contribution < 1.29 is 0 Å². The molecule has 0 aromatic rings. The lowest BCUT2D eigenvalue weighted by Crippen LogP contribution is -2.44. The largest absolute Gasteiger partial charge is 0.284 e. The minimum absolute atomic E-state index is 0.0786. The molecule has 0 unspecified atom stereocenters. The van der Waals surface area contributed by atoms with Gasteiger partial charge in [0, 0.05) is 13.1 Å². The number of hydrogen-bond acceptors (Lipinski definition) is 1. The molecule has 1 heterocycles. The molecule has 0 saturated carbocycles. The second-order valence-electron chi connectivity index (χ2n) is 3.41. The summed E-state index contributed by atoms with van der Waals surface area (Å²) < 4.78 is 0. The van der Waals surface area contributed by atoms with Crippen LogP contribution in [0.5, 0.6) is 0 Å². The Morgan fingerprint density at radius 2 is 2.18 bits per heavy atom. The van der Waals surface area contributed by atoms with Crippen LogP contribution in [0.1, 0.15) is 20.3 Å². The minimum Gasteiger partial charge on any atom is -0.284 e. The van der Waals surface area contributed by atoms with Crippen molar-refractivity contribution in [3.8, 4) is 12.3 Å². The Hall–Kier alpha value is -0.740. The molecule has 0 amide bonds. The van der Waals surface area contributed by atoms with Crippen LogP contribution < -0.4 is 0 Å². The van der Waals surface area contributed by atoms with E-state index in [2.05, 4.69) is 36.8 Å². The van der Waals surface area contributed by atoms with Crippen molar-refractivity contribution in [2.45, 2.75) is 25.8 Å². The molecule has 1 nitrogen and oxygen atoms in total. The smallest absolute Gasteiger partial charge is 0.0768 e. The van der Waals surface area contributed by atoms with Crippen LogP contribution in [0.15, 0.2) is 12.2 Å². The van der Waals surface area contributed by atoms with Crippen LogP contribution in [0, 0.1) is 12.3 Å². The van der Waals surface area contributed by atoms with Gasteiger partial charge in [-0.3, -0.25) is 4.90 Å². The van der Waals surface area contributed by atoms with Gasteiger partial charge >= 0.3 is 0 Å². The van der Waals surface area contributed by atoms with Crippen LogP contribution in [0.25, 0.3) is 0 Å². The lowest BCUT2D eigenvalue weighted by atomic mass is 10.0. The maximum Gasteiger partial charge on any atom is 0.0768 e. The summed E-state index contributed by atoms with van der Waals surface area (Å²) in [6.07, 6.45) is 10.9. The Labute approximate surface area is 69.1 Å². The van der Waals surface area contributed by atoms with Crippen LogP contribution in [0.4, 0.5) is 0 Å². The van der Waals surface area contributed by atoms with Gasteiger partial charge < -0.3 is 0 Å². The van der Waals surface area contributed by atoms with E-state index in [-0.39, 0.29) is 5.54 Å². The first-order valence-corrected chi connectivity index (χ1v) is 4.04. The van der Waals surface area contributed by atoms with Crippen molar-refractivity contribution in [2.24, 2.45) is 0 Å². The van der Waals surface area contributed by atoms with Gasteiger partial charge in [0.05, 0.1) is 5.54 Å². The van der Waals surface area contributed by atoms with Gasteiger partial charge in [0.2, 0.25) is 0 Å². The summed E-state index contributed by atoms with van der Waals surface area (Å²) >= 11 is 0. The summed E-state index contributed by atoms with van der Waals surface area (Å²) in [6, 6.07) is 0. The van der Waals surface area contributed by atoms with E-state index in [9.17, 15) is 0 Å². The zero-order valence-electron chi connectivity index (χ0n) is 7.30. The van der Waals surface area contributed by atoms with Crippen LogP contribution in [0.2, 0.25) is 0 Å². The van der Waals surface area contributed by atoms with Gasteiger partial charge in [-0.15, -0.1) is 6.42 Å². The molecule has 0 aromatic carbocycles. The van der Waals surface area contributed by atoms with E-state index in [4.69, 9.17) is 6.42 Å². The lowest BCUT2D eigenvalue weighted by molar-refractivity contribution is 0.187. The molecule has 1 rings (SSSR count). The van der Waals surface area contributed by atoms with Crippen molar-refractivity contribution in [1.29, 1.82) is 0 Å². The van der Waals surface area contributed by atoms with Gasteiger partial charge in [0.1, 0.15) is 0 Å². The molecule has 1 aliphatic rings. The molecule has 0 atom stereocenters. The summed E-state index contributed by atoms with van der Waals surface area (Å²) in [5.41, 5.74) is -0.0786. The maximum atomic E-state index is 5.42. The lowest BCUT2D eigenvalue weighted by Gasteiger charge is -2.35. The summed E-state index contributed by atoms with van der Waals surface area (Å²) in [5, 5.41) is 0. The molecular formula is C10H15N. The Balaban J connectivity index is 2.61. The van der Waals surface area contributed by atoms with E-state index in [1.54, 1.807) is 0 Å². The Morgan fingerprint density at radius 3 is 2.64 bits per heavy atom. The third kappa shape index (κ3) is 1.85. The highest BCUT2D eigenvalue weighted by Crippen LogP contribution is 2.15. The Bertz CT molecular complexity index is 195. The molecule has 0 spiro atoms. The van der Waals surface area contributed by atoms with E-state index in [1.165, 1.54) is 0 Å². The van der Waals surface area contributed by atoms with E-state index < -0.39 is 0 Å². The van der Waals surface area contributed by atoms with E-state index in [0.717, 1.165) is 19.5 Å². The first-order valence-electron chi connectivity index (χ1n) is 4.04. The molecule has 1 heteroatoms. The van der Waals surface area contributed by atoms with Gasteiger partial charge in [-0.25, -0.2) is 0 Å². The molecule has 1 aliphatic heterocycles. The summed E-state index contributed by atoms with van der Waals surface area (Å²) in [7, 11) is 0. The predicted molar refractivity (Wildman–Crippen MR) is 48.2 cm³/mol. The molecule has 0 fully saturated rings. The molecule has 0 aliphatic carbocycles. The first kappa shape index (κ1) is 8.36. The third-order valence-corrected chi connectivity index (χ3v) is 2.20. The van der Waals surface area contributed by atoms with Crippen molar-refractivity contribution >= 4 is 0 Å². The van der Waals surface area contributed by atoms with Gasteiger partial charge in [0.25, 0.3) is 0 Å². The van der Waals surface area contributed by atoms with Crippen molar-refractivity contribution in [1.82, 2.24) is 4.90 Å². The van der Waals surface area contributed by atoms with Gasteiger partial charge in [0.15, 0.2) is 0 Å². The first-order chi connectivity index (χ1) is 5.17. The fourth-order valence-corrected chi connectivity index (χ4v) is 1.24. The van der Waals surface area contributed by atoms with Gasteiger partial charge in [-0.05, 0) is 20.3 Å². The monoisotopic (exact) mass is 149 g/mol. The molecule has 0 aromatic heterocycles. The fraction of sp³-hybridized carbons (Fsp3) is 0.600. The van der Waals surface area contributed by atoms with E-state index in [0.29, 0.717) is 0 Å². The summed E-state index contributed by atoms with van der Waals surface area (Å²) in [5.74, 6) is 2.80. The maximum absolute atomic E-state index is 5.42. The second-order valence-corrected chi connectivity index (χ2v) is 3.41. The highest BCUT2D eigenvalue weighted by molar-refractivity contribution is 5.11. The quantitative estimate of drug-likeness (QED) is 0.405. The van der Waals surface area contributed by atoms with Crippen LogP contribution in [0.3, 0.4) is 0 Å². The Morgan fingerprint density at radius 1 is 1.45 bits per heavy atom.